The van der Waals surface area contributed by atoms with Crippen LogP contribution in [0.3, 0.4) is 0 Å². The number of nitrogens with zero attached hydrogens (tertiary/aromatic N) is 2. The summed E-state index contributed by atoms with van der Waals surface area (Å²) in [5, 5.41) is 7.87. The number of aromatic amines is 1. The van der Waals surface area contributed by atoms with Crippen molar-refractivity contribution in [3.63, 3.8) is 0 Å². The monoisotopic (exact) mass is 257 g/mol. The molecule has 0 bridgehead atoms. The largest absolute Gasteiger partial charge is 0.290 e. The first-order valence-corrected chi connectivity index (χ1v) is 5.73. The van der Waals surface area contributed by atoms with Crippen molar-refractivity contribution in [1.82, 2.24) is 15.2 Å². The predicted molar refractivity (Wildman–Crippen MR) is 70.6 cm³/mol. The van der Waals surface area contributed by atoms with Crippen molar-refractivity contribution in [3.8, 4) is 11.3 Å². The van der Waals surface area contributed by atoms with E-state index in [1.54, 1.807) is 24.4 Å². The quantitative estimate of drug-likeness (QED) is 0.729. The molecule has 0 unspecified atom stereocenters. The maximum absolute atomic E-state index is 11.6. The van der Waals surface area contributed by atoms with Gasteiger partial charge in [-0.3, -0.25) is 9.78 Å². The van der Waals surface area contributed by atoms with E-state index >= 15 is 0 Å². The molecular formula is C13H8ClN3O. The second-order valence-corrected chi connectivity index (χ2v) is 4.25. The molecular weight excluding hydrogens is 250 g/mol. The molecule has 0 fully saturated rings. The van der Waals surface area contributed by atoms with Gasteiger partial charge in [0.25, 0.3) is 5.56 Å². The Labute approximate surface area is 107 Å². The topological polar surface area (TPSA) is 58.6 Å². The first-order valence-electron chi connectivity index (χ1n) is 5.35. The van der Waals surface area contributed by atoms with Gasteiger partial charge in [-0.2, -0.15) is 5.10 Å². The third kappa shape index (κ3) is 1.76. The number of benzene rings is 1. The van der Waals surface area contributed by atoms with Crippen LogP contribution in [-0.4, -0.2) is 15.2 Å². The van der Waals surface area contributed by atoms with Crippen molar-refractivity contribution in [1.29, 1.82) is 0 Å². The Morgan fingerprint density at radius 3 is 2.89 bits per heavy atom. The summed E-state index contributed by atoms with van der Waals surface area (Å²) in [5.41, 5.74) is 1.59. The molecule has 0 radical (unpaired) electrons. The van der Waals surface area contributed by atoms with Gasteiger partial charge in [0.15, 0.2) is 0 Å². The van der Waals surface area contributed by atoms with Gasteiger partial charge in [-0.25, -0.2) is 5.10 Å². The summed E-state index contributed by atoms with van der Waals surface area (Å²) in [4.78, 5) is 15.7. The molecule has 0 aliphatic rings. The standard InChI is InChI=1S/C13H8ClN3O/c14-9-4-1-3-8(7-9)11-10-5-2-6-15-12(10)13(18)17-16-11/h1-7H,(H,17,18). The summed E-state index contributed by atoms with van der Waals surface area (Å²) in [6, 6.07) is 10.9. The van der Waals surface area contributed by atoms with Gasteiger partial charge in [-0.15, -0.1) is 0 Å². The van der Waals surface area contributed by atoms with Crippen LogP contribution in [0.1, 0.15) is 0 Å². The Kier molecular flexibility index (Phi) is 2.57. The van der Waals surface area contributed by atoms with Crippen molar-refractivity contribution < 1.29 is 0 Å². The number of hydrogen-bond acceptors (Lipinski definition) is 3. The lowest BCUT2D eigenvalue weighted by Gasteiger charge is -2.04. The Bertz CT molecular complexity index is 782. The van der Waals surface area contributed by atoms with Gasteiger partial charge in [-0.1, -0.05) is 23.7 Å². The molecule has 1 N–H and O–H groups in total. The van der Waals surface area contributed by atoms with Crippen LogP contribution in [0.4, 0.5) is 0 Å². The SMILES string of the molecule is O=c1[nH]nc(-c2cccc(Cl)c2)c2cccnc12. The fourth-order valence-electron chi connectivity index (χ4n) is 1.85. The van der Waals surface area contributed by atoms with E-state index in [2.05, 4.69) is 15.2 Å². The lowest BCUT2D eigenvalue weighted by molar-refractivity contribution is 1.01. The van der Waals surface area contributed by atoms with Crippen LogP contribution in [0.25, 0.3) is 22.2 Å². The third-order valence-corrected chi connectivity index (χ3v) is 2.88. The second-order valence-electron chi connectivity index (χ2n) is 3.81. The highest BCUT2D eigenvalue weighted by atomic mass is 35.5. The molecule has 0 amide bonds. The Morgan fingerprint density at radius 1 is 1.17 bits per heavy atom. The molecule has 1 aromatic carbocycles. The fourth-order valence-corrected chi connectivity index (χ4v) is 2.04. The number of fused-ring (bicyclic) bond motifs is 1. The number of rotatable bonds is 1. The second kappa shape index (κ2) is 4.23. The highest BCUT2D eigenvalue weighted by Gasteiger charge is 2.09. The summed E-state index contributed by atoms with van der Waals surface area (Å²) in [7, 11) is 0. The predicted octanol–water partition coefficient (Wildman–Crippen LogP) is 2.64. The van der Waals surface area contributed by atoms with Gasteiger partial charge in [0.1, 0.15) is 11.2 Å². The molecule has 4 nitrogen and oxygen atoms in total. The van der Waals surface area contributed by atoms with E-state index in [1.165, 1.54) is 0 Å². The van der Waals surface area contributed by atoms with Crippen LogP contribution in [0.5, 0.6) is 0 Å². The molecule has 0 saturated carbocycles. The van der Waals surface area contributed by atoms with E-state index in [1.807, 2.05) is 18.2 Å². The number of H-pyrrole nitrogens is 1. The Hall–Kier alpha value is -2.20. The molecule has 0 aliphatic heterocycles. The zero-order valence-electron chi connectivity index (χ0n) is 9.22. The Morgan fingerprint density at radius 2 is 2.06 bits per heavy atom. The third-order valence-electron chi connectivity index (χ3n) is 2.65. The number of halogens is 1. The van der Waals surface area contributed by atoms with E-state index in [0.717, 1.165) is 5.56 Å². The normalized spacial score (nSPS) is 10.7. The zero-order chi connectivity index (χ0) is 12.5. The van der Waals surface area contributed by atoms with Gasteiger partial charge in [-0.05, 0) is 24.3 Å². The first-order chi connectivity index (χ1) is 8.75. The number of aromatic nitrogens is 3. The van der Waals surface area contributed by atoms with Gasteiger partial charge in [0, 0.05) is 22.2 Å². The minimum atomic E-state index is -0.295. The number of hydrogen-bond donors (Lipinski definition) is 1. The molecule has 3 rings (SSSR count). The molecule has 0 aliphatic carbocycles. The zero-order valence-corrected chi connectivity index (χ0v) is 9.98. The van der Waals surface area contributed by atoms with Crippen molar-refractivity contribution in [2.24, 2.45) is 0 Å². The van der Waals surface area contributed by atoms with Gasteiger partial charge < -0.3 is 0 Å². The minimum Gasteiger partial charge on any atom is -0.266 e. The molecule has 5 heteroatoms. The maximum atomic E-state index is 11.6. The van der Waals surface area contributed by atoms with Crippen molar-refractivity contribution in [2.45, 2.75) is 0 Å². The number of nitrogens with one attached hydrogen (secondary N) is 1. The molecule has 2 heterocycles. The van der Waals surface area contributed by atoms with Gasteiger partial charge in [0.05, 0.1) is 0 Å². The average molecular weight is 258 g/mol. The van der Waals surface area contributed by atoms with E-state index in [9.17, 15) is 4.79 Å². The molecule has 18 heavy (non-hydrogen) atoms. The van der Waals surface area contributed by atoms with E-state index in [-0.39, 0.29) is 5.56 Å². The van der Waals surface area contributed by atoms with Crippen LogP contribution in [-0.2, 0) is 0 Å². The molecule has 3 aromatic rings. The summed E-state index contributed by atoms with van der Waals surface area (Å²) in [5.74, 6) is 0. The summed E-state index contributed by atoms with van der Waals surface area (Å²) < 4.78 is 0. The Balaban J connectivity index is 2.37. The fraction of sp³-hybridized carbons (Fsp3) is 0. The molecule has 0 saturated heterocycles. The summed E-state index contributed by atoms with van der Waals surface area (Å²) in [6.45, 7) is 0. The first kappa shape index (κ1) is 10.9. The van der Waals surface area contributed by atoms with Crippen LogP contribution < -0.4 is 5.56 Å². The lowest BCUT2D eigenvalue weighted by Crippen LogP contribution is -2.10. The van der Waals surface area contributed by atoms with Gasteiger partial charge >= 0.3 is 0 Å². The molecule has 0 spiro atoms. The summed E-state index contributed by atoms with van der Waals surface area (Å²) >= 11 is 5.96. The summed E-state index contributed by atoms with van der Waals surface area (Å²) in [6.07, 6.45) is 1.58. The molecule has 2 aromatic heterocycles. The highest BCUT2D eigenvalue weighted by molar-refractivity contribution is 6.30. The van der Waals surface area contributed by atoms with E-state index < -0.39 is 0 Å². The van der Waals surface area contributed by atoms with Crippen LogP contribution in [0.15, 0.2) is 47.4 Å². The maximum Gasteiger partial charge on any atom is 0.290 e. The van der Waals surface area contributed by atoms with Crippen molar-refractivity contribution in [2.75, 3.05) is 0 Å². The lowest BCUT2D eigenvalue weighted by atomic mass is 10.1. The minimum absolute atomic E-state index is 0.295. The number of pyridine rings is 1. The average Bonchev–Trinajstić information content (AvgIpc) is 2.39. The smallest absolute Gasteiger partial charge is 0.266 e. The van der Waals surface area contributed by atoms with Crippen molar-refractivity contribution in [3.05, 3.63) is 58.0 Å². The van der Waals surface area contributed by atoms with E-state index in [0.29, 0.717) is 21.6 Å². The molecule has 0 atom stereocenters. The van der Waals surface area contributed by atoms with Crippen LogP contribution in [0.2, 0.25) is 5.02 Å². The van der Waals surface area contributed by atoms with Crippen LogP contribution in [0, 0.1) is 0 Å². The van der Waals surface area contributed by atoms with Gasteiger partial charge in [0.2, 0.25) is 0 Å². The van der Waals surface area contributed by atoms with Crippen LogP contribution >= 0.6 is 11.6 Å². The molecule has 88 valence electrons. The highest BCUT2D eigenvalue weighted by Crippen LogP contribution is 2.25. The van der Waals surface area contributed by atoms with E-state index in [4.69, 9.17) is 11.6 Å². The van der Waals surface area contributed by atoms with Crippen molar-refractivity contribution >= 4 is 22.5 Å².